The molecule has 1 aliphatic rings. The summed E-state index contributed by atoms with van der Waals surface area (Å²) in [6.07, 6.45) is 3.45. The molecule has 0 spiro atoms. The first kappa shape index (κ1) is 17.4. The fourth-order valence-corrected chi connectivity index (χ4v) is 2.44. The first-order chi connectivity index (χ1) is 12.4. The monoisotopic (exact) mass is 351 g/mol. The van der Waals surface area contributed by atoms with Crippen molar-refractivity contribution in [3.63, 3.8) is 0 Å². The number of fused-ring (bicyclic) bond motifs is 1. The summed E-state index contributed by atoms with van der Waals surface area (Å²) < 4.78 is 11.2. The number of nitro benzene ring substituents is 1. The minimum atomic E-state index is -0.482. The van der Waals surface area contributed by atoms with Gasteiger partial charge in [0.2, 0.25) is 5.78 Å². The van der Waals surface area contributed by atoms with Crippen LogP contribution in [0.3, 0.4) is 0 Å². The van der Waals surface area contributed by atoms with E-state index >= 15 is 0 Å². The van der Waals surface area contributed by atoms with Crippen LogP contribution in [0.5, 0.6) is 11.5 Å². The number of ether oxygens (including phenoxy) is 2. The molecule has 0 N–H and O–H groups in total. The molecular formula is C20H17NO5. The molecule has 6 nitrogen and oxygen atoms in total. The SMILES string of the molecule is CC(C)=CCOc1ccc2c(c1)OC(=Cc1cccc([N+](=O)[O-])c1)C2=O. The van der Waals surface area contributed by atoms with Crippen LogP contribution in [0.2, 0.25) is 0 Å². The average molecular weight is 351 g/mol. The summed E-state index contributed by atoms with van der Waals surface area (Å²) in [6.45, 7) is 4.41. The molecule has 2 aromatic rings. The Hall–Kier alpha value is -3.41. The Kier molecular flexibility index (Phi) is 4.84. The van der Waals surface area contributed by atoms with E-state index in [0.29, 0.717) is 29.2 Å². The number of rotatable bonds is 5. The van der Waals surface area contributed by atoms with Crippen LogP contribution < -0.4 is 9.47 Å². The number of carbonyl (C=O) groups is 1. The van der Waals surface area contributed by atoms with Gasteiger partial charge in [-0.1, -0.05) is 17.7 Å². The highest BCUT2D eigenvalue weighted by Crippen LogP contribution is 2.35. The van der Waals surface area contributed by atoms with Crippen molar-refractivity contribution in [2.24, 2.45) is 0 Å². The highest BCUT2D eigenvalue weighted by molar-refractivity contribution is 6.14. The zero-order valence-corrected chi connectivity index (χ0v) is 14.4. The first-order valence-corrected chi connectivity index (χ1v) is 8.03. The van der Waals surface area contributed by atoms with Crippen molar-refractivity contribution in [2.75, 3.05) is 6.61 Å². The van der Waals surface area contributed by atoms with Crippen molar-refractivity contribution < 1.29 is 19.2 Å². The number of nitrogens with zero attached hydrogens (tertiary/aromatic N) is 1. The number of non-ortho nitro benzene ring substituents is 1. The van der Waals surface area contributed by atoms with E-state index in [1.165, 1.54) is 18.2 Å². The molecule has 0 fully saturated rings. The zero-order valence-electron chi connectivity index (χ0n) is 14.4. The summed E-state index contributed by atoms with van der Waals surface area (Å²) in [5, 5.41) is 10.9. The van der Waals surface area contributed by atoms with Crippen LogP contribution >= 0.6 is 0 Å². The molecule has 0 unspecified atom stereocenters. The van der Waals surface area contributed by atoms with Gasteiger partial charge in [0.05, 0.1) is 10.5 Å². The molecule has 0 aromatic heterocycles. The molecule has 0 saturated heterocycles. The number of allylic oxidation sites excluding steroid dienone is 2. The van der Waals surface area contributed by atoms with E-state index < -0.39 is 4.92 Å². The minimum Gasteiger partial charge on any atom is -0.489 e. The summed E-state index contributed by atoms with van der Waals surface area (Å²) >= 11 is 0. The van der Waals surface area contributed by atoms with Gasteiger partial charge in [-0.2, -0.15) is 0 Å². The number of hydrogen-bond donors (Lipinski definition) is 0. The Morgan fingerprint density at radius 3 is 2.77 bits per heavy atom. The van der Waals surface area contributed by atoms with Crippen LogP contribution in [-0.2, 0) is 0 Å². The smallest absolute Gasteiger partial charge is 0.270 e. The number of hydrogen-bond acceptors (Lipinski definition) is 5. The standard InChI is InChI=1S/C20H17NO5/c1-13(2)8-9-25-16-6-7-17-18(12-16)26-19(20(17)22)11-14-4-3-5-15(10-14)21(23)24/h3-8,10-12H,9H2,1-2H3. The van der Waals surface area contributed by atoms with Gasteiger partial charge in [0.25, 0.3) is 5.69 Å². The predicted molar refractivity (Wildman–Crippen MR) is 97.4 cm³/mol. The van der Waals surface area contributed by atoms with Gasteiger partial charge in [-0.05, 0) is 43.7 Å². The molecule has 1 aliphatic heterocycles. The molecule has 0 amide bonds. The fourth-order valence-electron chi connectivity index (χ4n) is 2.44. The first-order valence-electron chi connectivity index (χ1n) is 8.03. The van der Waals surface area contributed by atoms with Crippen molar-refractivity contribution in [3.8, 4) is 11.5 Å². The number of ketones is 1. The summed E-state index contributed by atoms with van der Waals surface area (Å²) in [5.74, 6) is 0.885. The van der Waals surface area contributed by atoms with Gasteiger partial charge >= 0.3 is 0 Å². The van der Waals surface area contributed by atoms with Crippen molar-refractivity contribution in [3.05, 3.63) is 81.1 Å². The van der Waals surface area contributed by atoms with Gasteiger partial charge in [0.1, 0.15) is 18.1 Å². The third-order valence-corrected chi connectivity index (χ3v) is 3.76. The van der Waals surface area contributed by atoms with Crippen molar-refractivity contribution >= 4 is 17.5 Å². The summed E-state index contributed by atoms with van der Waals surface area (Å²) in [4.78, 5) is 22.8. The molecular weight excluding hydrogens is 334 g/mol. The largest absolute Gasteiger partial charge is 0.489 e. The van der Waals surface area contributed by atoms with E-state index in [1.807, 2.05) is 19.9 Å². The van der Waals surface area contributed by atoms with Crippen molar-refractivity contribution in [1.29, 1.82) is 0 Å². The number of nitro groups is 1. The molecule has 2 aromatic carbocycles. The quantitative estimate of drug-likeness (QED) is 0.342. The Labute approximate surface area is 150 Å². The van der Waals surface area contributed by atoms with Gasteiger partial charge in [-0.15, -0.1) is 0 Å². The molecule has 0 atom stereocenters. The van der Waals surface area contributed by atoms with Crippen LogP contribution in [-0.4, -0.2) is 17.3 Å². The minimum absolute atomic E-state index is 0.0442. The summed E-state index contributed by atoms with van der Waals surface area (Å²) in [6, 6.07) is 11.1. The van der Waals surface area contributed by atoms with Gasteiger partial charge in [-0.3, -0.25) is 14.9 Å². The Morgan fingerprint density at radius 1 is 1.23 bits per heavy atom. The van der Waals surface area contributed by atoms with Crippen molar-refractivity contribution in [1.82, 2.24) is 0 Å². The molecule has 0 aliphatic carbocycles. The van der Waals surface area contributed by atoms with E-state index in [-0.39, 0.29) is 17.2 Å². The summed E-state index contributed by atoms with van der Waals surface area (Å²) in [7, 11) is 0. The van der Waals surface area contributed by atoms with Crippen LogP contribution in [0.15, 0.2) is 59.9 Å². The molecule has 6 heteroatoms. The second kappa shape index (κ2) is 7.23. The summed E-state index contributed by atoms with van der Waals surface area (Å²) in [5.41, 5.74) is 2.07. The Bertz CT molecular complexity index is 939. The number of Topliss-reactive ketones (excluding diaryl/α,β-unsaturated/α-hetero) is 1. The van der Waals surface area contributed by atoms with Crippen LogP contribution in [0, 0.1) is 10.1 Å². The van der Waals surface area contributed by atoms with Gasteiger partial charge < -0.3 is 9.47 Å². The zero-order chi connectivity index (χ0) is 18.7. The van der Waals surface area contributed by atoms with E-state index in [0.717, 1.165) is 5.57 Å². The molecule has 0 radical (unpaired) electrons. The fraction of sp³-hybridized carbons (Fsp3) is 0.150. The second-order valence-corrected chi connectivity index (χ2v) is 6.04. The lowest BCUT2D eigenvalue weighted by molar-refractivity contribution is -0.384. The average Bonchev–Trinajstić information content (AvgIpc) is 2.90. The molecule has 26 heavy (non-hydrogen) atoms. The van der Waals surface area contributed by atoms with Gasteiger partial charge in [0.15, 0.2) is 5.76 Å². The van der Waals surface area contributed by atoms with Crippen molar-refractivity contribution in [2.45, 2.75) is 13.8 Å². The van der Waals surface area contributed by atoms with E-state index in [9.17, 15) is 14.9 Å². The lowest BCUT2D eigenvalue weighted by Gasteiger charge is -2.05. The van der Waals surface area contributed by atoms with E-state index in [4.69, 9.17) is 9.47 Å². The Morgan fingerprint density at radius 2 is 2.04 bits per heavy atom. The number of benzene rings is 2. The van der Waals surface area contributed by atoms with E-state index in [1.54, 1.807) is 30.3 Å². The number of carbonyl (C=O) groups excluding carboxylic acids is 1. The second-order valence-electron chi connectivity index (χ2n) is 6.04. The predicted octanol–water partition coefficient (Wildman–Crippen LogP) is 4.56. The maximum Gasteiger partial charge on any atom is 0.270 e. The van der Waals surface area contributed by atoms with Gasteiger partial charge in [-0.25, -0.2) is 0 Å². The topological polar surface area (TPSA) is 78.7 Å². The van der Waals surface area contributed by atoms with Crippen LogP contribution in [0.25, 0.3) is 6.08 Å². The highest BCUT2D eigenvalue weighted by atomic mass is 16.6. The Balaban J connectivity index is 1.82. The molecule has 132 valence electrons. The van der Waals surface area contributed by atoms with Crippen LogP contribution in [0.4, 0.5) is 5.69 Å². The lowest BCUT2D eigenvalue weighted by Crippen LogP contribution is -1.98. The molecule has 0 saturated carbocycles. The molecule has 0 bridgehead atoms. The van der Waals surface area contributed by atoms with Gasteiger partial charge in [0, 0.05) is 18.2 Å². The maximum atomic E-state index is 12.5. The highest BCUT2D eigenvalue weighted by Gasteiger charge is 2.27. The maximum absolute atomic E-state index is 12.5. The van der Waals surface area contributed by atoms with Crippen LogP contribution in [0.1, 0.15) is 29.8 Å². The third-order valence-electron chi connectivity index (χ3n) is 3.76. The molecule has 1 heterocycles. The normalized spacial score (nSPS) is 13.9. The third kappa shape index (κ3) is 3.80. The van der Waals surface area contributed by atoms with E-state index in [2.05, 4.69) is 0 Å². The molecule has 3 rings (SSSR count). The lowest BCUT2D eigenvalue weighted by atomic mass is 10.1.